The topological polar surface area (TPSA) is 77.1 Å². The molecule has 0 aliphatic carbocycles. The lowest BCUT2D eigenvalue weighted by molar-refractivity contribution is -0.124. The van der Waals surface area contributed by atoms with Crippen LogP contribution in [0.25, 0.3) is 0 Å². The summed E-state index contributed by atoms with van der Waals surface area (Å²) in [6.07, 6.45) is 0.719. The summed E-state index contributed by atoms with van der Waals surface area (Å²) < 4.78 is 15.9. The number of nitrogens with zero attached hydrogens (tertiary/aromatic N) is 1. The number of nitrogens with one attached hydrogen (secondary N) is 1. The minimum Gasteiger partial charge on any atom is -0.497 e. The molecule has 2 atom stereocenters. The highest BCUT2D eigenvalue weighted by Crippen LogP contribution is 2.39. The van der Waals surface area contributed by atoms with E-state index in [-0.39, 0.29) is 17.7 Å². The van der Waals surface area contributed by atoms with E-state index in [0.717, 1.165) is 12.0 Å². The van der Waals surface area contributed by atoms with Gasteiger partial charge in [0.15, 0.2) is 0 Å². The van der Waals surface area contributed by atoms with E-state index in [2.05, 4.69) is 5.32 Å². The molecule has 3 rings (SSSR count). The Hall–Kier alpha value is -2.77. The molecule has 0 spiro atoms. The van der Waals surface area contributed by atoms with Crippen molar-refractivity contribution in [3.63, 3.8) is 0 Å². The number of hydrogen-bond acceptors (Lipinski definition) is 5. The Balaban J connectivity index is 1.87. The highest BCUT2D eigenvalue weighted by molar-refractivity contribution is 6.30. The zero-order chi connectivity index (χ0) is 23.1. The monoisotopic (exact) mass is 460 g/mol. The molecule has 172 valence electrons. The van der Waals surface area contributed by atoms with Crippen LogP contribution in [0.15, 0.2) is 42.5 Å². The molecule has 0 unspecified atom stereocenters. The number of carbonyl (C=O) groups excluding carboxylic acids is 2. The summed E-state index contributed by atoms with van der Waals surface area (Å²) in [4.78, 5) is 28.0. The minimum absolute atomic E-state index is 0.0923. The van der Waals surface area contributed by atoms with Crippen molar-refractivity contribution >= 4 is 23.4 Å². The fraction of sp³-hybridized carbons (Fsp3) is 0.417. The van der Waals surface area contributed by atoms with Gasteiger partial charge in [-0.25, -0.2) is 0 Å². The largest absolute Gasteiger partial charge is 0.497 e. The van der Waals surface area contributed by atoms with Crippen molar-refractivity contribution in [3.8, 4) is 11.5 Å². The molecule has 1 fully saturated rings. The van der Waals surface area contributed by atoms with Gasteiger partial charge in [-0.05, 0) is 30.7 Å². The van der Waals surface area contributed by atoms with Crippen LogP contribution in [0.1, 0.15) is 28.3 Å². The summed E-state index contributed by atoms with van der Waals surface area (Å²) >= 11 is 6.08. The van der Waals surface area contributed by atoms with Crippen molar-refractivity contribution in [3.05, 3.63) is 58.6 Å². The summed E-state index contributed by atoms with van der Waals surface area (Å²) in [5.74, 6) is 0.411. The van der Waals surface area contributed by atoms with Crippen LogP contribution in [-0.4, -0.2) is 64.3 Å². The molecule has 2 amide bonds. The first kappa shape index (κ1) is 23.9. The van der Waals surface area contributed by atoms with Gasteiger partial charge in [0, 0.05) is 61.5 Å². The smallest absolute Gasteiger partial charge is 0.253 e. The average molecular weight is 461 g/mol. The van der Waals surface area contributed by atoms with Gasteiger partial charge in [-0.2, -0.15) is 0 Å². The van der Waals surface area contributed by atoms with E-state index in [9.17, 15) is 9.59 Å². The van der Waals surface area contributed by atoms with Gasteiger partial charge >= 0.3 is 0 Å². The molecule has 1 N–H and O–H groups in total. The van der Waals surface area contributed by atoms with Crippen molar-refractivity contribution in [1.29, 1.82) is 0 Å². The number of hydrogen-bond donors (Lipinski definition) is 1. The second-order valence-corrected chi connectivity index (χ2v) is 8.12. The molecule has 8 heteroatoms. The van der Waals surface area contributed by atoms with E-state index in [1.54, 1.807) is 56.6 Å². The van der Waals surface area contributed by atoms with Gasteiger partial charge in [0.05, 0.1) is 20.1 Å². The molecule has 1 aliphatic heterocycles. The summed E-state index contributed by atoms with van der Waals surface area (Å²) in [6, 6.07) is 12.4. The zero-order valence-corrected chi connectivity index (χ0v) is 19.4. The van der Waals surface area contributed by atoms with Gasteiger partial charge < -0.3 is 24.4 Å². The second kappa shape index (κ2) is 11.2. The SMILES string of the molecule is COCCCNC(=O)[C@@H]1CN(C(=O)c2cccc(Cl)c2)C[C@H]1c1ccc(OC)cc1OC. The molecular weight excluding hydrogens is 432 g/mol. The normalized spacial score (nSPS) is 17.8. The Morgan fingerprint density at radius 3 is 2.59 bits per heavy atom. The number of amides is 2. The lowest BCUT2D eigenvalue weighted by atomic mass is 9.87. The molecular formula is C24H29ClN2O5. The Morgan fingerprint density at radius 1 is 1.09 bits per heavy atom. The third kappa shape index (κ3) is 5.53. The highest BCUT2D eigenvalue weighted by Gasteiger charge is 2.41. The predicted octanol–water partition coefficient (Wildman–Crippen LogP) is 3.37. The molecule has 7 nitrogen and oxygen atoms in total. The third-order valence-corrected chi connectivity index (χ3v) is 5.92. The van der Waals surface area contributed by atoms with Crippen LogP contribution in [-0.2, 0) is 9.53 Å². The average Bonchev–Trinajstić information content (AvgIpc) is 3.26. The van der Waals surface area contributed by atoms with Crippen molar-refractivity contribution in [1.82, 2.24) is 10.2 Å². The van der Waals surface area contributed by atoms with Crippen LogP contribution in [0.3, 0.4) is 0 Å². The van der Waals surface area contributed by atoms with Crippen LogP contribution in [0.2, 0.25) is 5.02 Å². The van der Waals surface area contributed by atoms with Crippen molar-refractivity contribution in [2.45, 2.75) is 12.3 Å². The van der Waals surface area contributed by atoms with Crippen LogP contribution in [0.4, 0.5) is 0 Å². The molecule has 2 aromatic carbocycles. The predicted molar refractivity (Wildman–Crippen MR) is 123 cm³/mol. The number of rotatable bonds is 9. The van der Waals surface area contributed by atoms with Crippen molar-refractivity contribution < 1.29 is 23.8 Å². The number of methoxy groups -OCH3 is 3. The van der Waals surface area contributed by atoms with Gasteiger partial charge in [0.2, 0.25) is 5.91 Å². The molecule has 0 aromatic heterocycles. The van der Waals surface area contributed by atoms with E-state index in [1.807, 2.05) is 12.1 Å². The first-order chi connectivity index (χ1) is 15.5. The minimum atomic E-state index is -0.414. The molecule has 0 bridgehead atoms. The lowest BCUT2D eigenvalue weighted by Gasteiger charge is -2.21. The quantitative estimate of drug-likeness (QED) is 0.580. The molecule has 0 radical (unpaired) electrons. The van der Waals surface area contributed by atoms with Crippen LogP contribution in [0.5, 0.6) is 11.5 Å². The van der Waals surface area contributed by atoms with Gasteiger partial charge in [-0.3, -0.25) is 9.59 Å². The molecule has 1 heterocycles. The number of likely N-dealkylation sites (tertiary alicyclic amines) is 1. The van der Waals surface area contributed by atoms with E-state index in [0.29, 0.717) is 48.3 Å². The summed E-state index contributed by atoms with van der Waals surface area (Å²) in [5, 5.41) is 3.48. The highest BCUT2D eigenvalue weighted by atomic mass is 35.5. The van der Waals surface area contributed by atoms with Gasteiger partial charge in [0.1, 0.15) is 11.5 Å². The third-order valence-electron chi connectivity index (χ3n) is 5.68. The fourth-order valence-corrected chi connectivity index (χ4v) is 4.23. The number of ether oxygens (including phenoxy) is 3. The summed E-state index contributed by atoms with van der Waals surface area (Å²) in [6.45, 7) is 1.78. The standard InChI is InChI=1S/C24H29ClN2O5/c1-30-11-5-10-26-23(28)21-15-27(24(29)16-6-4-7-17(25)12-16)14-20(21)19-9-8-18(31-2)13-22(19)32-3/h4,6-9,12-13,20-21H,5,10-11,14-15H2,1-3H3,(H,26,28)/t20-,21+/m0/s1. The Labute approximate surface area is 193 Å². The van der Waals surface area contributed by atoms with E-state index >= 15 is 0 Å². The molecule has 1 saturated heterocycles. The van der Waals surface area contributed by atoms with Crippen molar-refractivity contribution in [2.24, 2.45) is 5.92 Å². The Kier molecular flexibility index (Phi) is 8.36. The fourth-order valence-electron chi connectivity index (χ4n) is 4.04. The lowest BCUT2D eigenvalue weighted by Crippen LogP contribution is -2.36. The maximum Gasteiger partial charge on any atom is 0.253 e. The zero-order valence-electron chi connectivity index (χ0n) is 18.6. The van der Waals surface area contributed by atoms with Crippen LogP contribution < -0.4 is 14.8 Å². The molecule has 32 heavy (non-hydrogen) atoms. The number of benzene rings is 2. The second-order valence-electron chi connectivity index (χ2n) is 7.68. The van der Waals surface area contributed by atoms with E-state index < -0.39 is 5.92 Å². The maximum absolute atomic E-state index is 13.2. The number of carbonyl (C=O) groups is 2. The van der Waals surface area contributed by atoms with Gasteiger partial charge in [-0.15, -0.1) is 0 Å². The van der Waals surface area contributed by atoms with Crippen molar-refractivity contribution in [2.75, 3.05) is 47.6 Å². The number of halogens is 1. The van der Waals surface area contributed by atoms with E-state index in [4.69, 9.17) is 25.8 Å². The molecule has 0 saturated carbocycles. The maximum atomic E-state index is 13.2. The van der Waals surface area contributed by atoms with Crippen LogP contribution in [0, 0.1) is 5.92 Å². The van der Waals surface area contributed by atoms with Crippen LogP contribution >= 0.6 is 11.6 Å². The van der Waals surface area contributed by atoms with E-state index in [1.165, 1.54) is 0 Å². The Morgan fingerprint density at radius 2 is 1.91 bits per heavy atom. The first-order valence-corrected chi connectivity index (χ1v) is 10.9. The Bertz CT molecular complexity index is 952. The summed E-state index contributed by atoms with van der Waals surface area (Å²) in [5.41, 5.74) is 1.37. The summed E-state index contributed by atoms with van der Waals surface area (Å²) in [7, 11) is 4.80. The molecule has 1 aliphatic rings. The molecule has 2 aromatic rings. The van der Waals surface area contributed by atoms with Gasteiger partial charge in [-0.1, -0.05) is 23.7 Å². The first-order valence-electron chi connectivity index (χ1n) is 10.5. The van der Waals surface area contributed by atoms with Gasteiger partial charge in [0.25, 0.3) is 5.91 Å².